The molecule has 2 aromatic carbocycles. The van der Waals surface area contributed by atoms with E-state index in [1.165, 1.54) is 18.7 Å². The average Bonchev–Trinajstić information content (AvgIpc) is 2.76. The average molecular weight is 496 g/mol. The molecule has 0 radical (unpaired) electrons. The van der Waals surface area contributed by atoms with Gasteiger partial charge in [-0.05, 0) is 59.9 Å². The molecule has 2 aromatic rings. The van der Waals surface area contributed by atoms with Crippen LogP contribution in [0.5, 0.6) is 0 Å². The minimum atomic E-state index is -0.897. The number of rotatable bonds is 7. The summed E-state index contributed by atoms with van der Waals surface area (Å²) in [5.74, 6) is -0.665. The molecular weight excluding hydrogens is 458 g/mol. The number of nitrogens with one attached hydrogen (secondary N) is 1. The molecule has 2 unspecified atom stereocenters. The summed E-state index contributed by atoms with van der Waals surface area (Å²) in [7, 11) is 0. The van der Waals surface area contributed by atoms with Crippen LogP contribution < -0.4 is 5.32 Å². The lowest BCUT2D eigenvalue weighted by molar-refractivity contribution is -0.176. The van der Waals surface area contributed by atoms with Gasteiger partial charge in [0, 0.05) is 23.9 Å². The molecule has 1 N–H and O–H groups in total. The summed E-state index contributed by atoms with van der Waals surface area (Å²) >= 11 is 1.27. The molecule has 0 aromatic heterocycles. The Hall–Kier alpha value is -2.60. The number of Topliss-reactive ketones (excluding diaryl/α,β-unsaturated/α-hetero) is 1. The van der Waals surface area contributed by atoms with Crippen molar-refractivity contribution in [1.82, 2.24) is 0 Å². The summed E-state index contributed by atoms with van der Waals surface area (Å²) < 4.78 is 6.11. The third-order valence-electron chi connectivity index (χ3n) is 6.71. The molecule has 5 nitrogen and oxygen atoms in total. The van der Waals surface area contributed by atoms with Gasteiger partial charge in [-0.3, -0.25) is 14.4 Å². The summed E-state index contributed by atoms with van der Waals surface area (Å²) in [5.41, 5.74) is 2.72. The van der Waals surface area contributed by atoms with Gasteiger partial charge in [-0.2, -0.15) is 0 Å². The largest absolute Gasteiger partial charge is 0.457 e. The Balaban J connectivity index is 1.86. The van der Waals surface area contributed by atoms with Crippen molar-refractivity contribution in [2.45, 2.75) is 88.9 Å². The van der Waals surface area contributed by atoms with Gasteiger partial charge in [0.1, 0.15) is 5.60 Å². The number of ketones is 1. The quantitative estimate of drug-likeness (QED) is 0.363. The van der Waals surface area contributed by atoms with Crippen LogP contribution in [-0.2, 0) is 31.0 Å². The van der Waals surface area contributed by atoms with E-state index in [0.717, 1.165) is 33.7 Å². The van der Waals surface area contributed by atoms with Gasteiger partial charge >= 0.3 is 5.97 Å². The van der Waals surface area contributed by atoms with Crippen LogP contribution in [0.15, 0.2) is 47.4 Å². The molecule has 1 heterocycles. The first-order valence-electron chi connectivity index (χ1n) is 12.2. The highest BCUT2D eigenvalue weighted by Crippen LogP contribution is 2.43. The number of carbonyl (C=O) groups excluding carboxylic acids is 3. The van der Waals surface area contributed by atoms with E-state index in [1.54, 1.807) is 0 Å². The Morgan fingerprint density at radius 2 is 1.83 bits per heavy atom. The first kappa shape index (κ1) is 27.0. The van der Waals surface area contributed by atoms with Crippen LogP contribution in [0.4, 0.5) is 5.69 Å². The zero-order valence-corrected chi connectivity index (χ0v) is 22.7. The molecule has 0 aliphatic carbocycles. The number of hydrogen-bond donors (Lipinski definition) is 1. The third-order valence-corrected chi connectivity index (χ3v) is 7.99. The van der Waals surface area contributed by atoms with E-state index in [-0.39, 0.29) is 29.4 Å². The van der Waals surface area contributed by atoms with Crippen molar-refractivity contribution in [2.75, 3.05) is 5.32 Å². The minimum absolute atomic E-state index is 0.0226. The molecule has 1 aliphatic rings. The zero-order valence-electron chi connectivity index (χ0n) is 21.9. The third kappa shape index (κ3) is 6.35. The number of esters is 1. The molecule has 35 heavy (non-hydrogen) atoms. The number of ether oxygens (including phenoxy) is 1. The lowest BCUT2D eigenvalue weighted by Crippen LogP contribution is -2.52. The maximum absolute atomic E-state index is 13.4. The van der Waals surface area contributed by atoms with Crippen molar-refractivity contribution in [1.29, 1.82) is 0 Å². The highest BCUT2D eigenvalue weighted by Gasteiger charge is 2.49. The highest BCUT2D eigenvalue weighted by molar-refractivity contribution is 8.01. The van der Waals surface area contributed by atoms with Gasteiger partial charge in [0.25, 0.3) is 0 Å². The van der Waals surface area contributed by atoms with E-state index in [9.17, 15) is 14.4 Å². The fraction of sp³-hybridized carbons (Fsp3) is 0.483. The summed E-state index contributed by atoms with van der Waals surface area (Å²) in [6.45, 7) is 13.7. The van der Waals surface area contributed by atoms with E-state index in [1.807, 2.05) is 51.1 Å². The van der Waals surface area contributed by atoms with Crippen LogP contribution in [0.25, 0.3) is 0 Å². The Morgan fingerprint density at radius 3 is 2.37 bits per heavy atom. The fourth-order valence-electron chi connectivity index (χ4n) is 4.49. The molecule has 1 aliphatic heterocycles. The predicted octanol–water partition coefficient (Wildman–Crippen LogP) is 6.26. The molecule has 1 amide bonds. The Kier molecular flexibility index (Phi) is 8.15. The van der Waals surface area contributed by atoms with Crippen molar-refractivity contribution in [3.63, 3.8) is 0 Å². The molecule has 3 rings (SSSR count). The highest BCUT2D eigenvalue weighted by atomic mass is 32.2. The summed E-state index contributed by atoms with van der Waals surface area (Å²) in [6, 6.07) is 14.0. The number of benzene rings is 2. The number of carbonyl (C=O) groups is 3. The van der Waals surface area contributed by atoms with Gasteiger partial charge in [0.05, 0.1) is 0 Å². The van der Waals surface area contributed by atoms with Crippen molar-refractivity contribution < 1.29 is 19.1 Å². The number of cyclic esters (lactones) is 1. The van der Waals surface area contributed by atoms with Crippen LogP contribution in [0.2, 0.25) is 0 Å². The molecule has 0 bridgehead atoms. The standard InChI is InChI=1S/C29H37NO4S/c1-18(2)29(14-13-21-11-9-8-10-12-21)17-24(32)26(27(33)34-29)35-25-15-19(3)23(30-20(4)31)16-22(25)28(5,6)7/h8-12,15-16,18,26H,13-14,17H2,1-7H3,(H,30,31). The van der Waals surface area contributed by atoms with Gasteiger partial charge in [-0.25, -0.2) is 0 Å². The second-order valence-electron chi connectivity index (χ2n) is 10.9. The lowest BCUT2D eigenvalue weighted by Gasteiger charge is -2.41. The fourth-order valence-corrected chi connectivity index (χ4v) is 5.84. The van der Waals surface area contributed by atoms with Crippen LogP contribution in [0, 0.1) is 12.8 Å². The molecule has 2 atom stereocenters. The second kappa shape index (κ2) is 10.6. The maximum Gasteiger partial charge on any atom is 0.327 e. The SMILES string of the molecule is CC(=O)Nc1cc(C(C)(C)C)c(SC2C(=O)CC(CCc3ccccc3)(C(C)C)OC2=O)cc1C. The van der Waals surface area contributed by atoms with E-state index in [4.69, 9.17) is 4.74 Å². The zero-order chi connectivity index (χ0) is 26.0. The summed E-state index contributed by atoms with van der Waals surface area (Å²) in [5, 5.41) is 1.98. The normalized spacial score (nSPS) is 20.6. The van der Waals surface area contributed by atoms with E-state index in [0.29, 0.717) is 6.42 Å². The van der Waals surface area contributed by atoms with Crippen molar-refractivity contribution >= 4 is 35.1 Å². The van der Waals surface area contributed by atoms with Gasteiger partial charge in [0.15, 0.2) is 11.0 Å². The number of hydrogen-bond acceptors (Lipinski definition) is 5. The van der Waals surface area contributed by atoms with E-state index < -0.39 is 16.8 Å². The van der Waals surface area contributed by atoms with Crippen molar-refractivity contribution in [2.24, 2.45) is 5.92 Å². The number of thioether (sulfide) groups is 1. The van der Waals surface area contributed by atoms with Crippen LogP contribution in [0.3, 0.4) is 0 Å². The number of anilines is 1. The first-order chi connectivity index (χ1) is 16.3. The van der Waals surface area contributed by atoms with E-state index >= 15 is 0 Å². The first-order valence-corrected chi connectivity index (χ1v) is 13.1. The summed E-state index contributed by atoms with van der Waals surface area (Å²) in [4.78, 5) is 39.2. The molecule has 188 valence electrons. The minimum Gasteiger partial charge on any atom is -0.457 e. The smallest absolute Gasteiger partial charge is 0.327 e. The topological polar surface area (TPSA) is 72.5 Å². The van der Waals surface area contributed by atoms with Crippen molar-refractivity contribution in [3.05, 3.63) is 59.2 Å². The molecule has 0 spiro atoms. The molecule has 1 saturated heterocycles. The van der Waals surface area contributed by atoms with E-state index in [2.05, 4.69) is 38.2 Å². The van der Waals surface area contributed by atoms with Gasteiger partial charge in [-0.15, -0.1) is 11.8 Å². The second-order valence-corrected chi connectivity index (χ2v) is 12.0. The number of amides is 1. The van der Waals surface area contributed by atoms with Gasteiger partial charge < -0.3 is 10.1 Å². The molecule has 6 heteroatoms. The predicted molar refractivity (Wildman–Crippen MR) is 142 cm³/mol. The molecule has 0 saturated carbocycles. The van der Waals surface area contributed by atoms with Crippen molar-refractivity contribution in [3.8, 4) is 0 Å². The lowest BCUT2D eigenvalue weighted by atomic mass is 9.78. The van der Waals surface area contributed by atoms with Crippen LogP contribution in [-0.4, -0.2) is 28.5 Å². The van der Waals surface area contributed by atoms with Gasteiger partial charge in [0.2, 0.25) is 5.91 Å². The van der Waals surface area contributed by atoms with Gasteiger partial charge in [-0.1, -0.05) is 65.0 Å². The monoisotopic (exact) mass is 495 g/mol. The Labute approximate surface area is 213 Å². The molecule has 1 fully saturated rings. The van der Waals surface area contributed by atoms with Crippen LogP contribution in [0.1, 0.15) is 71.1 Å². The summed E-state index contributed by atoms with van der Waals surface area (Å²) in [6.07, 6.45) is 1.57. The number of aryl methyl sites for hydroxylation is 2. The Morgan fingerprint density at radius 1 is 1.17 bits per heavy atom. The molecular formula is C29H37NO4S. The van der Waals surface area contributed by atoms with Crippen LogP contribution >= 0.6 is 11.8 Å². The maximum atomic E-state index is 13.4. The Bertz CT molecular complexity index is 1080.